The highest BCUT2D eigenvalue weighted by Crippen LogP contribution is 2.22. The monoisotopic (exact) mass is 507 g/mol. The molecule has 0 aliphatic rings. The van der Waals surface area contributed by atoms with Crippen molar-refractivity contribution in [2.24, 2.45) is 5.10 Å². The molecule has 0 atom stereocenters. The van der Waals surface area contributed by atoms with Crippen LogP contribution >= 0.6 is 0 Å². The van der Waals surface area contributed by atoms with Gasteiger partial charge in [-0.05, 0) is 18.2 Å². The van der Waals surface area contributed by atoms with Crippen molar-refractivity contribution in [1.82, 2.24) is 19.7 Å². The number of carbonyl (C=O) groups excluding carboxylic acids is 2. The van der Waals surface area contributed by atoms with Gasteiger partial charge in [0.1, 0.15) is 11.1 Å². The third-order valence-corrected chi connectivity index (χ3v) is 4.86. The predicted molar refractivity (Wildman–Crippen MR) is 108 cm³/mol. The molecule has 0 aliphatic heterocycles. The van der Waals surface area contributed by atoms with Crippen LogP contribution in [0.3, 0.4) is 0 Å². The number of hydrogen-bond acceptors (Lipinski definition) is 12. The van der Waals surface area contributed by atoms with Crippen LogP contribution in [0.5, 0.6) is 12.0 Å². The third kappa shape index (κ3) is 7.15. The molecule has 1 aromatic carbocycles. The van der Waals surface area contributed by atoms with Gasteiger partial charge in [-0.1, -0.05) is 0 Å². The van der Waals surface area contributed by atoms with Gasteiger partial charge >= 0.3 is 30.2 Å². The quantitative estimate of drug-likeness (QED) is 0.265. The fourth-order valence-corrected chi connectivity index (χ4v) is 3.28. The van der Waals surface area contributed by atoms with Gasteiger partial charge in [-0.25, -0.2) is 22.7 Å². The maximum absolute atomic E-state index is 12.8. The van der Waals surface area contributed by atoms with Crippen LogP contribution in [0.1, 0.15) is 10.4 Å². The van der Waals surface area contributed by atoms with Crippen molar-refractivity contribution < 1.29 is 45.4 Å². The van der Waals surface area contributed by atoms with Crippen LogP contribution in [0.4, 0.5) is 29.6 Å². The van der Waals surface area contributed by atoms with E-state index < -0.39 is 44.6 Å². The molecule has 18 heteroatoms. The van der Waals surface area contributed by atoms with Crippen molar-refractivity contribution in [3.63, 3.8) is 0 Å². The van der Waals surface area contributed by atoms with Gasteiger partial charge in [0.25, 0.3) is 10.0 Å². The molecule has 2 rings (SSSR count). The van der Waals surface area contributed by atoms with Crippen LogP contribution in [0.25, 0.3) is 0 Å². The van der Waals surface area contributed by atoms with Gasteiger partial charge in [0.2, 0.25) is 5.95 Å². The molecule has 2 amide bonds. The van der Waals surface area contributed by atoms with Gasteiger partial charge in [0.05, 0.1) is 32.6 Å². The fourth-order valence-electron chi connectivity index (χ4n) is 2.15. The molecule has 2 aromatic rings. The molecule has 0 spiro atoms. The maximum atomic E-state index is 12.8. The molecule has 34 heavy (non-hydrogen) atoms. The Hall–Kier alpha value is -4.22. The number of methoxy groups -OCH3 is 3. The van der Waals surface area contributed by atoms with E-state index >= 15 is 0 Å². The number of carbonyl (C=O) groups is 2. The summed E-state index contributed by atoms with van der Waals surface area (Å²) in [6, 6.07) is 0.922. The number of rotatable bonds is 8. The second kappa shape index (κ2) is 10.6. The summed E-state index contributed by atoms with van der Waals surface area (Å²) in [5.41, 5.74) is 1.20. The fraction of sp³-hybridized carbons (Fsp3) is 0.250. The van der Waals surface area contributed by atoms with E-state index in [1.165, 1.54) is 14.2 Å². The Morgan fingerprint density at radius 1 is 1.06 bits per heavy atom. The number of esters is 1. The minimum Gasteiger partial charge on any atom is -0.467 e. The number of urea groups is 1. The largest absolute Gasteiger partial charge is 0.467 e. The minimum absolute atomic E-state index is 0.249. The Morgan fingerprint density at radius 3 is 2.21 bits per heavy atom. The van der Waals surface area contributed by atoms with Crippen LogP contribution in [-0.4, -0.2) is 69.1 Å². The van der Waals surface area contributed by atoms with Crippen molar-refractivity contribution >= 4 is 39.9 Å². The number of alkyl halides is 3. The average Bonchev–Trinajstić information content (AvgIpc) is 2.76. The first-order chi connectivity index (χ1) is 15.9. The molecule has 0 fully saturated rings. The Kier molecular flexibility index (Phi) is 8.12. The number of hydrogen-bond donors (Lipinski definition) is 3. The summed E-state index contributed by atoms with van der Waals surface area (Å²) in [5, 5.41) is 4.94. The predicted octanol–water partition coefficient (Wildman–Crippen LogP) is 1.15. The highest BCUT2D eigenvalue weighted by molar-refractivity contribution is 7.90. The van der Waals surface area contributed by atoms with Crippen molar-refractivity contribution in [3.8, 4) is 12.0 Å². The summed E-state index contributed by atoms with van der Waals surface area (Å²) in [5.74, 6) is -1.54. The zero-order chi connectivity index (χ0) is 25.5. The van der Waals surface area contributed by atoms with Crippen LogP contribution < -0.4 is 24.9 Å². The summed E-state index contributed by atoms with van der Waals surface area (Å²) in [4.78, 5) is 34.5. The number of anilines is 2. The number of ether oxygens (including phenoxy) is 3. The molecule has 0 unspecified atom stereocenters. The molecule has 0 saturated heterocycles. The Morgan fingerprint density at radius 2 is 1.68 bits per heavy atom. The molecular formula is C16H16F3N7O7S. The molecule has 14 nitrogen and oxygen atoms in total. The third-order valence-electron chi connectivity index (χ3n) is 3.49. The maximum Gasteiger partial charge on any atom is 0.428 e. The van der Waals surface area contributed by atoms with Crippen molar-refractivity contribution in [2.75, 3.05) is 32.1 Å². The van der Waals surface area contributed by atoms with Gasteiger partial charge in [0, 0.05) is 0 Å². The Balaban J connectivity index is 2.34. The van der Waals surface area contributed by atoms with E-state index in [1.807, 2.05) is 10.7 Å². The molecule has 0 saturated carbocycles. The van der Waals surface area contributed by atoms with Crippen molar-refractivity contribution in [2.45, 2.75) is 11.1 Å². The Bertz CT molecular complexity index is 1180. The van der Waals surface area contributed by atoms with E-state index in [0.29, 0.717) is 0 Å². The van der Waals surface area contributed by atoms with Crippen LogP contribution in [0, 0.1) is 0 Å². The smallest absolute Gasteiger partial charge is 0.428 e. The van der Waals surface area contributed by atoms with E-state index in [-0.39, 0.29) is 23.9 Å². The lowest BCUT2D eigenvalue weighted by atomic mass is 10.2. The number of hydrazone groups is 1. The second-order valence-corrected chi connectivity index (χ2v) is 7.46. The normalized spacial score (nSPS) is 11.6. The number of aromatic nitrogens is 3. The van der Waals surface area contributed by atoms with E-state index in [2.05, 4.69) is 24.8 Å². The molecule has 0 aliphatic carbocycles. The molecule has 1 heterocycles. The number of nitrogens with zero attached hydrogens (tertiary/aromatic N) is 4. The van der Waals surface area contributed by atoms with Gasteiger partial charge < -0.3 is 14.2 Å². The highest BCUT2D eigenvalue weighted by atomic mass is 32.2. The summed E-state index contributed by atoms with van der Waals surface area (Å²) < 4.78 is 78.0. The lowest BCUT2D eigenvalue weighted by Gasteiger charge is -2.12. The zero-order valence-corrected chi connectivity index (χ0v) is 18.3. The van der Waals surface area contributed by atoms with E-state index in [9.17, 15) is 31.2 Å². The van der Waals surface area contributed by atoms with Crippen molar-refractivity contribution in [1.29, 1.82) is 0 Å². The number of sulfonamides is 1. The lowest BCUT2D eigenvalue weighted by molar-refractivity contribution is -0.0536. The number of nitrogens with one attached hydrogen (secondary N) is 3. The van der Waals surface area contributed by atoms with Gasteiger partial charge in [-0.3, -0.25) is 10.7 Å². The molecule has 1 aromatic heterocycles. The summed E-state index contributed by atoms with van der Waals surface area (Å²) in [6.45, 7) is 0. The topological polar surface area (TPSA) is 183 Å². The van der Waals surface area contributed by atoms with Gasteiger partial charge in [-0.2, -0.15) is 28.2 Å². The first kappa shape index (κ1) is 26.0. The number of halogens is 3. The Labute approximate surface area is 189 Å². The molecule has 3 N–H and O–H groups in total. The summed E-state index contributed by atoms with van der Waals surface area (Å²) >= 11 is 0. The van der Waals surface area contributed by atoms with E-state index in [0.717, 1.165) is 25.3 Å². The van der Waals surface area contributed by atoms with E-state index in [4.69, 9.17) is 9.47 Å². The SMILES string of the molecule is COC(=O)c1ccc(NN=CC(F)(F)F)cc1S(=O)(=O)NC(=O)Nc1nc(OC)nc(OC)n1. The van der Waals surface area contributed by atoms with Crippen LogP contribution in [-0.2, 0) is 14.8 Å². The van der Waals surface area contributed by atoms with Crippen molar-refractivity contribution in [3.05, 3.63) is 23.8 Å². The first-order valence-electron chi connectivity index (χ1n) is 8.65. The number of amides is 2. The molecular weight excluding hydrogens is 491 g/mol. The summed E-state index contributed by atoms with van der Waals surface area (Å²) in [6.07, 6.45) is -5.10. The van der Waals surface area contributed by atoms with Gasteiger partial charge in [-0.15, -0.1) is 4.98 Å². The average molecular weight is 507 g/mol. The standard InChI is InChI=1S/C16H16F3N7O7S/c1-31-11(27)9-5-4-8(25-20-7-16(17,18)19)6-10(9)34(29,30)26-13(28)21-12-22-14(32-2)24-15(23-12)33-3/h4-7,25H,1-3H3,(H2,21,22,23,24,26,28). The molecule has 0 bridgehead atoms. The van der Waals surface area contributed by atoms with E-state index in [1.54, 1.807) is 4.72 Å². The summed E-state index contributed by atoms with van der Waals surface area (Å²) in [7, 11) is -1.37. The first-order valence-corrected chi connectivity index (χ1v) is 10.1. The molecule has 184 valence electrons. The van der Waals surface area contributed by atoms with Crippen LogP contribution in [0.2, 0.25) is 0 Å². The lowest BCUT2D eigenvalue weighted by Crippen LogP contribution is -2.35. The second-order valence-electron chi connectivity index (χ2n) is 5.81. The highest BCUT2D eigenvalue weighted by Gasteiger charge is 2.27. The number of benzene rings is 1. The van der Waals surface area contributed by atoms with Gasteiger partial charge in [0.15, 0.2) is 0 Å². The minimum atomic E-state index is -4.78. The molecule has 0 radical (unpaired) electrons. The van der Waals surface area contributed by atoms with Crippen LogP contribution in [0.15, 0.2) is 28.2 Å². The zero-order valence-electron chi connectivity index (χ0n) is 17.5.